The Hall–Kier alpha value is -1.88. The van der Waals surface area contributed by atoms with Gasteiger partial charge >= 0.3 is 11.9 Å². The predicted octanol–water partition coefficient (Wildman–Crippen LogP) is 2.71. The van der Waals surface area contributed by atoms with Crippen molar-refractivity contribution in [2.75, 3.05) is 0 Å². The molecule has 0 heterocycles. The zero-order chi connectivity index (χ0) is 15.8. The lowest BCUT2D eigenvalue weighted by Crippen LogP contribution is -2.33. The molecule has 1 aromatic carbocycles. The molecule has 0 bridgehead atoms. The highest BCUT2D eigenvalue weighted by Gasteiger charge is 2.35. The molecule has 0 saturated heterocycles. The van der Waals surface area contributed by atoms with Gasteiger partial charge in [-0.05, 0) is 30.7 Å². The van der Waals surface area contributed by atoms with E-state index in [4.69, 9.17) is 5.90 Å². The van der Waals surface area contributed by atoms with Gasteiger partial charge in [-0.25, -0.2) is 0 Å². The Balaban J connectivity index is 2.95. The van der Waals surface area contributed by atoms with Gasteiger partial charge in [0.1, 0.15) is 0 Å². The molecule has 5 heteroatoms. The summed E-state index contributed by atoms with van der Waals surface area (Å²) in [5.74, 6) is 1.85. The Morgan fingerprint density at radius 1 is 1.14 bits per heavy atom. The number of hydrogen-bond acceptors (Lipinski definition) is 4. The number of hydrogen-bond donors (Lipinski definition) is 2. The summed E-state index contributed by atoms with van der Waals surface area (Å²) in [6.07, 6.45) is 1.59. The maximum atomic E-state index is 11.7. The standard InChI is InChI=1S/C16H23NO4/c1-3-11(12-8-6-5-7-9-12)10-14(15(18)19)13(4-2)16(20)21-17/h5-9,11,13-14H,3-4,10,17H2,1-2H3,(H,18,19). The highest BCUT2D eigenvalue weighted by atomic mass is 16.7. The second-order valence-corrected chi connectivity index (χ2v) is 5.15. The third-order valence-corrected chi connectivity index (χ3v) is 3.96. The first-order valence-electron chi connectivity index (χ1n) is 7.23. The Morgan fingerprint density at radius 3 is 2.19 bits per heavy atom. The number of aliphatic carboxylic acids is 1. The Bertz CT molecular complexity index is 461. The number of carboxylic acid groups (broad SMARTS) is 1. The van der Waals surface area contributed by atoms with Crippen LogP contribution in [-0.4, -0.2) is 17.0 Å². The van der Waals surface area contributed by atoms with Crippen LogP contribution in [0.5, 0.6) is 0 Å². The number of carbonyl (C=O) groups excluding carboxylic acids is 1. The van der Waals surface area contributed by atoms with Crippen molar-refractivity contribution >= 4 is 11.9 Å². The van der Waals surface area contributed by atoms with Crippen molar-refractivity contribution in [3.8, 4) is 0 Å². The van der Waals surface area contributed by atoms with Crippen molar-refractivity contribution in [1.29, 1.82) is 0 Å². The molecule has 0 aliphatic carbocycles. The lowest BCUT2D eigenvalue weighted by Gasteiger charge is -2.24. The number of carbonyl (C=O) groups is 2. The fourth-order valence-electron chi connectivity index (χ4n) is 2.71. The quantitative estimate of drug-likeness (QED) is 0.719. The van der Waals surface area contributed by atoms with Gasteiger partial charge in [0.2, 0.25) is 0 Å². The number of benzene rings is 1. The molecular weight excluding hydrogens is 270 g/mol. The van der Waals surface area contributed by atoms with Crippen LogP contribution in [0, 0.1) is 11.8 Å². The van der Waals surface area contributed by atoms with Crippen LogP contribution in [0.25, 0.3) is 0 Å². The third-order valence-electron chi connectivity index (χ3n) is 3.96. The molecule has 0 amide bonds. The van der Waals surface area contributed by atoms with Crippen molar-refractivity contribution in [2.24, 2.45) is 17.7 Å². The fourth-order valence-corrected chi connectivity index (χ4v) is 2.71. The third kappa shape index (κ3) is 4.56. The van der Waals surface area contributed by atoms with E-state index in [2.05, 4.69) is 4.84 Å². The number of carboxylic acids is 1. The molecule has 116 valence electrons. The molecule has 1 aromatic rings. The first-order valence-corrected chi connectivity index (χ1v) is 7.23. The highest BCUT2D eigenvalue weighted by Crippen LogP contribution is 2.32. The molecule has 0 aliphatic heterocycles. The SMILES string of the molecule is CCC(CC(C(=O)O)C(CC)C(=O)ON)c1ccccc1. The summed E-state index contributed by atoms with van der Waals surface area (Å²) >= 11 is 0. The highest BCUT2D eigenvalue weighted by molar-refractivity contribution is 5.81. The second-order valence-electron chi connectivity index (χ2n) is 5.15. The van der Waals surface area contributed by atoms with E-state index in [0.29, 0.717) is 12.8 Å². The van der Waals surface area contributed by atoms with Gasteiger partial charge in [0.15, 0.2) is 0 Å². The van der Waals surface area contributed by atoms with Crippen molar-refractivity contribution < 1.29 is 19.5 Å². The van der Waals surface area contributed by atoms with Gasteiger partial charge in [-0.3, -0.25) is 9.59 Å². The van der Waals surface area contributed by atoms with Gasteiger partial charge in [0, 0.05) is 0 Å². The number of nitrogens with two attached hydrogens (primary N) is 1. The fraction of sp³-hybridized carbons (Fsp3) is 0.500. The smallest absolute Gasteiger partial charge is 0.328 e. The van der Waals surface area contributed by atoms with E-state index in [-0.39, 0.29) is 5.92 Å². The van der Waals surface area contributed by atoms with Crippen molar-refractivity contribution in [3.63, 3.8) is 0 Å². The van der Waals surface area contributed by atoms with Crippen LogP contribution >= 0.6 is 0 Å². The molecule has 3 atom stereocenters. The largest absolute Gasteiger partial charge is 0.481 e. The minimum absolute atomic E-state index is 0.0897. The maximum absolute atomic E-state index is 11.7. The van der Waals surface area contributed by atoms with Gasteiger partial charge in [-0.2, -0.15) is 5.90 Å². The first-order chi connectivity index (χ1) is 10.0. The average molecular weight is 293 g/mol. The molecule has 5 nitrogen and oxygen atoms in total. The van der Waals surface area contributed by atoms with Gasteiger partial charge in [-0.15, -0.1) is 0 Å². The lowest BCUT2D eigenvalue weighted by atomic mass is 9.79. The summed E-state index contributed by atoms with van der Waals surface area (Å²) < 4.78 is 0. The van der Waals surface area contributed by atoms with Crippen LogP contribution in [0.2, 0.25) is 0 Å². The van der Waals surface area contributed by atoms with Gasteiger partial charge in [0.25, 0.3) is 0 Å². The molecule has 0 spiro atoms. The monoisotopic (exact) mass is 293 g/mol. The molecule has 1 rings (SSSR count). The zero-order valence-corrected chi connectivity index (χ0v) is 12.5. The summed E-state index contributed by atoms with van der Waals surface area (Å²) in [7, 11) is 0. The molecule has 0 fully saturated rings. The second kappa shape index (κ2) is 8.42. The summed E-state index contributed by atoms with van der Waals surface area (Å²) in [6, 6.07) is 9.74. The van der Waals surface area contributed by atoms with Crippen LogP contribution in [0.1, 0.15) is 44.6 Å². The van der Waals surface area contributed by atoms with Gasteiger partial charge < -0.3 is 9.94 Å². The van der Waals surface area contributed by atoms with Gasteiger partial charge in [-0.1, -0.05) is 44.2 Å². The molecule has 21 heavy (non-hydrogen) atoms. The Morgan fingerprint density at radius 2 is 1.76 bits per heavy atom. The molecule has 0 aromatic heterocycles. The minimum Gasteiger partial charge on any atom is -0.481 e. The summed E-state index contributed by atoms with van der Waals surface area (Å²) in [5, 5.41) is 9.46. The maximum Gasteiger partial charge on any atom is 0.328 e. The van der Waals surface area contributed by atoms with E-state index in [1.807, 2.05) is 37.3 Å². The molecule has 3 N–H and O–H groups in total. The van der Waals surface area contributed by atoms with Crippen molar-refractivity contribution in [1.82, 2.24) is 0 Å². The summed E-state index contributed by atoms with van der Waals surface area (Å²) in [5.41, 5.74) is 1.09. The summed E-state index contributed by atoms with van der Waals surface area (Å²) in [4.78, 5) is 27.5. The average Bonchev–Trinajstić information content (AvgIpc) is 2.51. The van der Waals surface area contributed by atoms with Gasteiger partial charge in [0.05, 0.1) is 11.8 Å². The first kappa shape index (κ1) is 17.2. The summed E-state index contributed by atoms with van der Waals surface area (Å²) in [6.45, 7) is 3.78. The van der Waals surface area contributed by atoms with Crippen molar-refractivity contribution in [2.45, 2.75) is 39.0 Å². The molecule has 0 aliphatic rings. The predicted molar refractivity (Wildman–Crippen MR) is 79.3 cm³/mol. The van der Waals surface area contributed by atoms with E-state index in [9.17, 15) is 14.7 Å². The topological polar surface area (TPSA) is 89.6 Å². The minimum atomic E-state index is -0.985. The Kier molecular flexibility index (Phi) is 6.88. The normalized spacial score (nSPS) is 15.0. The zero-order valence-electron chi connectivity index (χ0n) is 12.5. The van der Waals surface area contributed by atoms with Crippen LogP contribution in [-0.2, 0) is 14.4 Å². The molecular formula is C16H23NO4. The van der Waals surface area contributed by atoms with Crippen LogP contribution in [0.4, 0.5) is 0 Å². The van der Waals surface area contributed by atoms with Crippen LogP contribution in [0.3, 0.4) is 0 Å². The van der Waals surface area contributed by atoms with E-state index in [1.165, 1.54) is 0 Å². The van der Waals surface area contributed by atoms with Crippen LogP contribution in [0.15, 0.2) is 30.3 Å². The molecule has 3 unspecified atom stereocenters. The number of rotatable bonds is 8. The lowest BCUT2D eigenvalue weighted by molar-refractivity contribution is -0.158. The van der Waals surface area contributed by atoms with E-state index in [1.54, 1.807) is 6.92 Å². The molecule has 0 radical (unpaired) electrons. The molecule has 0 saturated carbocycles. The van der Waals surface area contributed by atoms with E-state index < -0.39 is 23.8 Å². The van der Waals surface area contributed by atoms with E-state index in [0.717, 1.165) is 12.0 Å². The van der Waals surface area contributed by atoms with Crippen LogP contribution < -0.4 is 5.90 Å². The van der Waals surface area contributed by atoms with E-state index >= 15 is 0 Å². The Labute approximate surface area is 125 Å². The van der Waals surface area contributed by atoms with Crippen molar-refractivity contribution in [3.05, 3.63) is 35.9 Å².